The summed E-state index contributed by atoms with van der Waals surface area (Å²) in [5.41, 5.74) is 1.24. The van der Waals surface area contributed by atoms with E-state index in [9.17, 15) is 4.79 Å². The van der Waals surface area contributed by atoms with Crippen molar-refractivity contribution in [2.45, 2.75) is 25.3 Å². The van der Waals surface area contributed by atoms with Gasteiger partial charge in [0.15, 0.2) is 0 Å². The molecule has 1 N–H and O–H groups in total. The zero-order valence-electron chi connectivity index (χ0n) is 9.71. The molecule has 0 saturated carbocycles. The molecule has 17 heavy (non-hydrogen) atoms. The minimum absolute atomic E-state index is 0. The van der Waals surface area contributed by atoms with Crippen LogP contribution in [0, 0.1) is 0 Å². The molecule has 0 bridgehead atoms. The van der Waals surface area contributed by atoms with Gasteiger partial charge in [0.25, 0.3) is 0 Å². The van der Waals surface area contributed by atoms with E-state index >= 15 is 0 Å². The fraction of sp³-hybridized carbons (Fsp3) is 0.462. The third-order valence-corrected chi connectivity index (χ3v) is 3.14. The van der Waals surface area contributed by atoms with E-state index in [-0.39, 0.29) is 25.0 Å². The lowest BCUT2D eigenvalue weighted by Gasteiger charge is -2.34. The standard InChI is InChI=1S/C13H17NO2.ClH/c15-13(16)10-14-9-5-4-8-12(14)11-6-2-1-3-7-11;/h1-3,6-7,12H,4-5,8-10H2,(H,15,16);1H. The molecule has 1 unspecified atom stereocenters. The quantitative estimate of drug-likeness (QED) is 0.903. The van der Waals surface area contributed by atoms with Crippen LogP contribution in [0.15, 0.2) is 30.3 Å². The molecule has 94 valence electrons. The number of carbonyl (C=O) groups is 1. The summed E-state index contributed by atoms with van der Waals surface area (Å²) in [7, 11) is 0. The maximum absolute atomic E-state index is 10.8. The first kappa shape index (κ1) is 14.0. The van der Waals surface area contributed by atoms with E-state index in [1.165, 1.54) is 12.0 Å². The Morgan fingerprint density at radius 2 is 2.00 bits per heavy atom. The summed E-state index contributed by atoms with van der Waals surface area (Å²) in [5, 5.41) is 8.89. The van der Waals surface area contributed by atoms with Crippen LogP contribution >= 0.6 is 12.4 Å². The Kier molecular flexibility index (Phi) is 5.45. The summed E-state index contributed by atoms with van der Waals surface area (Å²) in [6, 6.07) is 10.5. The predicted molar refractivity (Wildman–Crippen MR) is 69.5 cm³/mol. The smallest absolute Gasteiger partial charge is 0.317 e. The maximum atomic E-state index is 10.8. The molecule has 1 aliphatic heterocycles. The highest BCUT2D eigenvalue weighted by Crippen LogP contribution is 2.30. The lowest BCUT2D eigenvalue weighted by Crippen LogP contribution is -2.37. The number of carboxylic acids is 1. The number of aliphatic carboxylic acids is 1. The fourth-order valence-electron chi connectivity index (χ4n) is 2.41. The first-order chi connectivity index (χ1) is 7.77. The van der Waals surface area contributed by atoms with E-state index in [1.54, 1.807) is 0 Å². The van der Waals surface area contributed by atoms with Crippen LogP contribution in [0.25, 0.3) is 0 Å². The van der Waals surface area contributed by atoms with Gasteiger partial charge in [-0.1, -0.05) is 36.8 Å². The molecule has 0 aliphatic carbocycles. The summed E-state index contributed by atoms with van der Waals surface area (Å²) in [4.78, 5) is 12.9. The third-order valence-electron chi connectivity index (χ3n) is 3.14. The Labute approximate surface area is 108 Å². The lowest BCUT2D eigenvalue weighted by molar-refractivity contribution is -0.139. The van der Waals surface area contributed by atoms with Crippen molar-refractivity contribution in [3.63, 3.8) is 0 Å². The van der Waals surface area contributed by atoms with Gasteiger partial charge in [0.05, 0.1) is 6.54 Å². The molecule has 3 nitrogen and oxygen atoms in total. The van der Waals surface area contributed by atoms with E-state index in [1.807, 2.05) is 18.2 Å². The van der Waals surface area contributed by atoms with Crippen molar-refractivity contribution >= 4 is 18.4 Å². The van der Waals surface area contributed by atoms with Crippen LogP contribution in [0.2, 0.25) is 0 Å². The molecule has 0 radical (unpaired) electrons. The van der Waals surface area contributed by atoms with Gasteiger partial charge in [-0.3, -0.25) is 9.69 Å². The van der Waals surface area contributed by atoms with E-state index < -0.39 is 5.97 Å². The number of likely N-dealkylation sites (tertiary alicyclic amines) is 1. The van der Waals surface area contributed by atoms with Crippen molar-refractivity contribution in [3.8, 4) is 0 Å². The molecule has 2 rings (SSSR count). The van der Waals surface area contributed by atoms with E-state index in [0.717, 1.165) is 19.4 Å². The monoisotopic (exact) mass is 255 g/mol. The second-order valence-corrected chi connectivity index (χ2v) is 4.29. The molecule has 1 fully saturated rings. The number of rotatable bonds is 3. The van der Waals surface area contributed by atoms with E-state index in [4.69, 9.17) is 5.11 Å². The molecule has 4 heteroatoms. The first-order valence-electron chi connectivity index (χ1n) is 5.78. The predicted octanol–water partition coefficient (Wildman–Crippen LogP) is 2.72. The number of halogens is 1. The molecule has 1 aromatic carbocycles. The summed E-state index contributed by atoms with van der Waals surface area (Å²) in [5.74, 6) is -0.733. The van der Waals surface area contributed by atoms with Crippen LogP contribution in [0.1, 0.15) is 30.9 Å². The molecular formula is C13H18ClNO2. The minimum Gasteiger partial charge on any atom is -0.480 e. The number of hydrogen-bond donors (Lipinski definition) is 1. The molecule has 0 spiro atoms. The van der Waals surface area contributed by atoms with Crippen LogP contribution in [-0.2, 0) is 4.79 Å². The zero-order valence-corrected chi connectivity index (χ0v) is 10.5. The number of carboxylic acid groups (broad SMARTS) is 1. The number of hydrogen-bond acceptors (Lipinski definition) is 2. The normalized spacial score (nSPS) is 20.6. The molecule has 1 atom stereocenters. The van der Waals surface area contributed by atoms with Crippen LogP contribution in [-0.4, -0.2) is 29.1 Å². The van der Waals surface area contributed by atoms with Gasteiger partial charge in [0.1, 0.15) is 0 Å². The Balaban J connectivity index is 0.00000144. The van der Waals surface area contributed by atoms with Gasteiger partial charge < -0.3 is 5.11 Å². The van der Waals surface area contributed by atoms with Crippen molar-refractivity contribution in [2.24, 2.45) is 0 Å². The van der Waals surface area contributed by atoms with Crippen LogP contribution in [0.4, 0.5) is 0 Å². The second-order valence-electron chi connectivity index (χ2n) is 4.29. The summed E-state index contributed by atoms with van der Waals surface area (Å²) in [6.07, 6.45) is 3.36. The van der Waals surface area contributed by atoms with Crippen molar-refractivity contribution in [2.75, 3.05) is 13.1 Å². The molecule has 0 aromatic heterocycles. The van der Waals surface area contributed by atoms with Gasteiger partial charge >= 0.3 is 5.97 Å². The minimum atomic E-state index is -0.733. The number of piperidine rings is 1. The largest absolute Gasteiger partial charge is 0.480 e. The van der Waals surface area contributed by atoms with Gasteiger partial charge in [-0.05, 0) is 24.9 Å². The summed E-state index contributed by atoms with van der Waals surface area (Å²) >= 11 is 0. The van der Waals surface area contributed by atoms with Crippen molar-refractivity contribution in [3.05, 3.63) is 35.9 Å². The Hall–Kier alpha value is -1.06. The van der Waals surface area contributed by atoms with Crippen molar-refractivity contribution < 1.29 is 9.90 Å². The Morgan fingerprint density at radius 1 is 1.29 bits per heavy atom. The van der Waals surface area contributed by atoms with E-state index in [0.29, 0.717) is 0 Å². The highest BCUT2D eigenvalue weighted by Gasteiger charge is 2.24. The van der Waals surface area contributed by atoms with Gasteiger partial charge in [-0.25, -0.2) is 0 Å². The molecular weight excluding hydrogens is 238 g/mol. The summed E-state index contributed by atoms with van der Waals surface area (Å²) < 4.78 is 0. The molecule has 1 aromatic rings. The fourth-order valence-corrected chi connectivity index (χ4v) is 2.41. The first-order valence-corrected chi connectivity index (χ1v) is 5.78. The van der Waals surface area contributed by atoms with Gasteiger partial charge in [-0.15, -0.1) is 12.4 Å². The van der Waals surface area contributed by atoms with Crippen molar-refractivity contribution in [1.82, 2.24) is 4.90 Å². The Bertz CT molecular complexity index is 356. The average molecular weight is 256 g/mol. The number of benzene rings is 1. The zero-order chi connectivity index (χ0) is 11.4. The van der Waals surface area contributed by atoms with Crippen LogP contribution in [0.5, 0.6) is 0 Å². The van der Waals surface area contributed by atoms with Gasteiger partial charge in [-0.2, -0.15) is 0 Å². The highest BCUT2D eigenvalue weighted by atomic mass is 35.5. The second kappa shape index (κ2) is 6.62. The average Bonchev–Trinajstić information content (AvgIpc) is 2.30. The molecule has 1 aliphatic rings. The van der Waals surface area contributed by atoms with Crippen LogP contribution < -0.4 is 0 Å². The molecule has 0 amide bonds. The van der Waals surface area contributed by atoms with Gasteiger partial charge in [0.2, 0.25) is 0 Å². The highest BCUT2D eigenvalue weighted by molar-refractivity contribution is 5.85. The van der Waals surface area contributed by atoms with E-state index in [2.05, 4.69) is 17.0 Å². The topological polar surface area (TPSA) is 40.5 Å². The van der Waals surface area contributed by atoms with Crippen LogP contribution in [0.3, 0.4) is 0 Å². The lowest BCUT2D eigenvalue weighted by atomic mass is 9.95. The van der Waals surface area contributed by atoms with Gasteiger partial charge in [0, 0.05) is 6.04 Å². The third kappa shape index (κ3) is 3.72. The molecule has 1 heterocycles. The SMILES string of the molecule is Cl.O=C(O)CN1CCCCC1c1ccccc1. The number of nitrogens with zero attached hydrogens (tertiary/aromatic N) is 1. The maximum Gasteiger partial charge on any atom is 0.317 e. The van der Waals surface area contributed by atoms with Crippen molar-refractivity contribution in [1.29, 1.82) is 0 Å². The molecule has 1 saturated heterocycles. The summed E-state index contributed by atoms with van der Waals surface area (Å²) in [6.45, 7) is 1.05. The Morgan fingerprint density at radius 3 is 2.65 bits per heavy atom.